The van der Waals surface area contributed by atoms with Gasteiger partial charge in [-0.1, -0.05) is 6.08 Å². The number of hydrogen-bond donors (Lipinski definition) is 1. The molecule has 7 heteroatoms. The summed E-state index contributed by atoms with van der Waals surface area (Å²) in [7, 11) is -3.51. The van der Waals surface area contributed by atoms with Crippen molar-refractivity contribution in [3.05, 3.63) is 23.9 Å². The first-order valence-electron chi connectivity index (χ1n) is 5.95. The van der Waals surface area contributed by atoms with Crippen molar-refractivity contribution in [2.45, 2.75) is 19.4 Å². The molecule has 1 amide bonds. The van der Waals surface area contributed by atoms with Crippen LogP contribution in [0.2, 0.25) is 0 Å². The maximum absolute atomic E-state index is 11.9. The summed E-state index contributed by atoms with van der Waals surface area (Å²) in [5.41, 5.74) is 2.10. The van der Waals surface area contributed by atoms with Crippen LogP contribution >= 0.6 is 0 Å². The van der Waals surface area contributed by atoms with Crippen molar-refractivity contribution in [3.8, 4) is 0 Å². The van der Waals surface area contributed by atoms with Crippen LogP contribution in [0.25, 0.3) is 0 Å². The normalized spacial score (nSPS) is 26.3. The van der Waals surface area contributed by atoms with Crippen molar-refractivity contribution in [1.29, 1.82) is 0 Å². The quantitative estimate of drug-likeness (QED) is 0.753. The Kier molecular flexibility index (Phi) is 3.49. The molecule has 1 N–H and O–H groups in total. The first kappa shape index (κ1) is 13.8. The summed E-state index contributed by atoms with van der Waals surface area (Å²) in [6.45, 7) is 6.15. The highest BCUT2D eigenvalue weighted by Crippen LogP contribution is 2.32. The highest BCUT2D eigenvalue weighted by atomic mass is 32.2. The second-order valence-corrected chi connectivity index (χ2v) is 6.62. The van der Waals surface area contributed by atoms with Crippen molar-refractivity contribution in [2.24, 2.45) is 10.9 Å². The van der Waals surface area contributed by atoms with E-state index >= 15 is 0 Å². The van der Waals surface area contributed by atoms with Gasteiger partial charge in [-0.15, -0.1) is 6.58 Å². The summed E-state index contributed by atoms with van der Waals surface area (Å²) < 4.78 is 24.2. The van der Waals surface area contributed by atoms with Gasteiger partial charge in [-0.05, 0) is 12.5 Å². The average Bonchev–Trinajstić information content (AvgIpc) is 2.72. The van der Waals surface area contributed by atoms with Gasteiger partial charge in [-0.2, -0.15) is 0 Å². The molecule has 1 saturated heterocycles. The van der Waals surface area contributed by atoms with Gasteiger partial charge >= 0.3 is 0 Å². The number of hydrogen-bond acceptors (Lipinski definition) is 5. The Bertz CT molecular complexity index is 577. The molecule has 2 aliphatic heterocycles. The van der Waals surface area contributed by atoms with Crippen LogP contribution in [0.15, 0.2) is 28.9 Å². The molecule has 0 aromatic heterocycles. The molecule has 0 aromatic rings. The first-order chi connectivity index (χ1) is 8.81. The van der Waals surface area contributed by atoms with Crippen molar-refractivity contribution in [1.82, 2.24) is 9.62 Å². The van der Waals surface area contributed by atoms with E-state index in [-0.39, 0.29) is 12.0 Å². The summed E-state index contributed by atoms with van der Waals surface area (Å²) >= 11 is 0. The van der Waals surface area contributed by atoms with Gasteiger partial charge in [0.1, 0.15) is 0 Å². The number of nitrogens with one attached hydrogen (secondary N) is 1. The Balaban J connectivity index is 2.16. The van der Waals surface area contributed by atoms with Gasteiger partial charge in [-0.25, -0.2) is 8.42 Å². The van der Waals surface area contributed by atoms with Gasteiger partial charge in [-0.3, -0.25) is 14.5 Å². The number of amides is 1. The minimum absolute atomic E-state index is 0.0528. The minimum atomic E-state index is -3.51. The van der Waals surface area contributed by atoms with E-state index in [1.807, 2.05) is 16.5 Å². The van der Waals surface area contributed by atoms with Crippen LogP contribution in [-0.2, 0) is 14.8 Å². The van der Waals surface area contributed by atoms with E-state index in [4.69, 9.17) is 0 Å². The zero-order valence-corrected chi connectivity index (χ0v) is 11.8. The number of sulfonamides is 1. The Labute approximate surface area is 112 Å². The second-order valence-electron chi connectivity index (χ2n) is 4.87. The number of fused-ring (bicyclic) bond motifs is 1. The van der Waals surface area contributed by atoms with Crippen LogP contribution in [-0.4, -0.2) is 44.4 Å². The number of carbonyl (C=O) groups excluding carboxylic acids is 1. The third-order valence-corrected chi connectivity index (χ3v) is 3.92. The van der Waals surface area contributed by atoms with Crippen LogP contribution in [0, 0.1) is 5.92 Å². The molecule has 0 aromatic carbocycles. The number of carbonyl (C=O) groups is 1. The number of aliphatic imine (C=N–C) groups is 1. The van der Waals surface area contributed by atoms with Crippen LogP contribution in [0.3, 0.4) is 0 Å². The third-order valence-electron chi connectivity index (χ3n) is 3.35. The molecule has 104 valence electrons. The van der Waals surface area contributed by atoms with Crippen molar-refractivity contribution >= 4 is 22.3 Å². The van der Waals surface area contributed by atoms with Gasteiger partial charge in [0.25, 0.3) is 0 Å². The molecular formula is C12H17N3O3S. The van der Waals surface area contributed by atoms with Crippen molar-refractivity contribution in [3.63, 3.8) is 0 Å². The standard InChI is InChI=1S/C12H17N3O3S/c1-4-10-8(2)11-5-9(6-15(11)7-13-10)12(16)14-19(3,17)18/h4,7,9-10H,1,5-6H2,2-3H3,(H,14,16)/t9?,10-/m0/s1. The molecule has 0 saturated carbocycles. The highest BCUT2D eigenvalue weighted by molar-refractivity contribution is 7.89. The van der Waals surface area contributed by atoms with Crippen LogP contribution in [0.1, 0.15) is 13.3 Å². The maximum Gasteiger partial charge on any atom is 0.238 e. The summed E-state index contributed by atoms with van der Waals surface area (Å²) in [6.07, 6.45) is 4.96. The van der Waals surface area contributed by atoms with E-state index in [9.17, 15) is 13.2 Å². The summed E-state index contributed by atoms with van der Waals surface area (Å²) in [5.74, 6) is -0.824. The Hall–Kier alpha value is -1.63. The monoisotopic (exact) mass is 283 g/mol. The fourth-order valence-electron chi connectivity index (χ4n) is 2.38. The van der Waals surface area contributed by atoms with E-state index < -0.39 is 15.9 Å². The number of rotatable bonds is 3. The molecule has 6 nitrogen and oxygen atoms in total. The molecule has 19 heavy (non-hydrogen) atoms. The van der Waals surface area contributed by atoms with E-state index in [1.165, 1.54) is 0 Å². The highest BCUT2D eigenvalue weighted by Gasteiger charge is 2.35. The average molecular weight is 283 g/mol. The van der Waals surface area contributed by atoms with Gasteiger partial charge < -0.3 is 4.90 Å². The lowest BCUT2D eigenvalue weighted by molar-refractivity contribution is -0.122. The number of allylic oxidation sites excluding steroid dienone is 1. The predicted molar refractivity (Wildman–Crippen MR) is 73.0 cm³/mol. The van der Waals surface area contributed by atoms with E-state index in [0.29, 0.717) is 13.0 Å². The van der Waals surface area contributed by atoms with Crippen LogP contribution < -0.4 is 4.72 Å². The second kappa shape index (κ2) is 4.80. The topological polar surface area (TPSA) is 78.8 Å². The van der Waals surface area contributed by atoms with Gasteiger partial charge in [0, 0.05) is 18.7 Å². The van der Waals surface area contributed by atoms with Gasteiger partial charge in [0.05, 0.1) is 24.6 Å². The first-order valence-corrected chi connectivity index (χ1v) is 7.84. The molecule has 2 heterocycles. The van der Waals surface area contributed by atoms with Crippen LogP contribution in [0.4, 0.5) is 0 Å². The molecule has 2 rings (SSSR count). The third kappa shape index (κ3) is 2.86. The molecule has 0 spiro atoms. The predicted octanol–water partition coefficient (Wildman–Crippen LogP) is 0.255. The van der Waals surface area contributed by atoms with E-state index in [0.717, 1.165) is 17.5 Å². The van der Waals surface area contributed by atoms with E-state index in [2.05, 4.69) is 11.6 Å². The van der Waals surface area contributed by atoms with Gasteiger partial charge in [0.15, 0.2) is 0 Å². The molecule has 0 bridgehead atoms. The summed E-state index contributed by atoms with van der Waals surface area (Å²) in [4.78, 5) is 18.1. The molecule has 2 atom stereocenters. The minimum Gasteiger partial charge on any atom is -0.336 e. The van der Waals surface area contributed by atoms with Gasteiger partial charge in [0.2, 0.25) is 15.9 Å². The zero-order valence-electron chi connectivity index (χ0n) is 11.0. The Morgan fingerprint density at radius 3 is 2.89 bits per heavy atom. The molecule has 0 aliphatic carbocycles. The summed E-state index contributed by atoms with van der Waals surface area (Å²) in [6, 6.07) is -0.0528. The Morgan fingerprint density at radius 2 is 2.32 bits per heavy atom. The molecular weight excluding hydrogens is 266 g/mol. The molecule has 1 fully saturated rings. The largest absolute Gasteiger partial charge is 0.336 e. The summed E-state index contributed by atoms with van der Waals surface area (Å²) in [5, 5.41) is 0. The van der Waals surface area contributed by atoms with E-state index in [1.54, 1.807) is 12.4 Å². The van der Waals surface area contributed by atoms with Crippen LogP contribution in [0.5, 0.6) is 0 Å². The lowest BCUT2D eigenvalue weighted by atomic mass is 10.0. The van der Waals surface area contributed by atoms with Crippen molar-refractivity contribution in [2.75, 3.05) is 12.8 Å². The SMILES string of the molecule is C=C[C@@H]1N=CN2CC(C(=O)NS(C)(=O)=O)CC2=C1C. The zero-order chi connectivity index (χ0) is 14.2. The number of nitrogens with zero attached hydrogens (tertiary/aromatic N) is 2. The molecule has 1 unspecified atom stereocenters. The smallest absolute Gasteiger partial charge is 0.238 e. The molecule has 2 aliphatic rings. The fourth-order valence-corrected chi connectivity index (χ4v) is 2.91. The fraction of sp³-hybridized carbons (Fsp3) is 0.500. The lowest BCUT2D eigenvalue weighted by Gasteiger charge is -2.24. The maximum atomic E-state index is 11.9. The Morgan fingerprint density at radius 1 is 1.63 bits per heavy atom. The van der Waals surface area contributed by atoms with Crippen molar-refractivity contribution < 1.29 is 13.2 Å². The molecule has 0 radical (unpaired) electrons. The lowest BCUT2D eigenvalue weighted by Crippen LogP contribution is -2.36.